The maximum Gasteiger partial charge on any atom is 0.274 e. The zero-order valence-corrected chi connectivity index (χ0v) is 16.0. The Labute approximate surface area is 162 Å². The second kappa shape index (κ2) is 7.26. The van der Waals surface area contributed by atoms with Crippen LogP contribution in [-0.2, 0) is 12.8 Å². The Hall–Kier alpha value is -3.48. The van der Waals surface area contributed by atoms with Gasteiger partial charge in [-0.15, -0.1) is 0 Å². The van der Waals surface area contributed by atoms with Gasteiger partial charge in [0.2, 0.25) is 0 Å². The molecule has 0 bridgehead atoms. The summed E-state index contributed by atoms with van der Waals surface area (Å²) in [6.45, 7) is 0. The molecule has 0 saturated carbocycles. The van der Waals surface area contributed by atoms with Crippen molar-refractivity contribution in [3.8, 4) is 28.5 Å². The van der Waals surface area contributed by atoms with E-state index < -0.39 is 0 Å². The minimum Gasteiger partial charge on any atom is -0.497 e. The molecule has 1 aliphatic rings. The molecule has 7 heteroatoms. The molecule has 28 heavy (non-hydrogen) atoms. The number of fused-ring (bicyclic) bond motifs is 3. The van der Waals surface area contributed by atoms with Crippen LogP contribution in [0, 0.1) is 0 Å². The maximum absolute atomic E-state index is 12.9. The van der Waals surface area contributed by atoms with Crippen LogP contribution in [0.1, 0.15) is 21.6 Å². The van der Waals surface area contributed by atoms with E-state index in [9.17, 15) is 4.79 Å². The van der Waals surface area contributed by atoms with E-state index in [4.69, 9.17) is 14.2 Å². The summed E-state index contributed by atoms with van der Waals surface area (Å²) < 4.78 is 15.9. The zero-order valence-electron chi connectivity index (χ0n) is 16.0. The Balaban J connectivity index is 1.63. The second-order valence-corrected chi connectivity index (χ2v) is 6.47. The van der Waals surface area contributed by atoms with Gasteiger partial charge in [-0.05, 0) is 48.7 Å². The van der Waals surface area contributed by atoms with Gasteiger partial charge in [0, 0.05) is 17.2 Å². The van der Waals surface area contributed by atoms with Crippen LogP contribution in [0.5, 0.6) is 17.2 Å². The highest BCUT2D eigenvalue weighted by Crippen LogP contribution is 2.36. The first kappa shape index (κ1) is 17.9. The third-order valence-electron chi connectivity index (χ3n) is 4.96. The van der Waals surface area contributed by atoms with Crippen LogP contribution in [0.2, 0.25) is 0 Å². The van der Waals surface area contributed by atoms with Gasteiger partial charge in [0.15, 0.2) is 0 Å². The van der Waals surface area contributed by atoms with E-state index >= 15 is 0 Å². The molecule has 7 nitrogen and oxygen atoms in total. The largest absolute Gasteiger partial charge is 0.497 e. The fourth-order valence-corrected chi connectivity index (χ4v) is 3.50. The molecule has 1 aromatic heterocycles. The van der Waals surface area contributed by atoms with Gasteiger partial charge in [-0.25, -0.2) is 0 Å². The van der Waals surface area contributed by atoms with Gasteiger partial charge in [0.25, 0.3) is 5.91 Å². The first-order chi connectivity index (χ1) is 13.6. The number of benzene rings is 2. The lowest BCUT2D eigenvalue weighted by Crippen LogP contribution is -2.16. The van der Waals surface area contributed by atoms with Crippen molar-refractivity contribution < 1.29 is 19.0 Å². The van der Waals surface area contributed by atoms with E-state index in [1.54, 1.807) is 39.5 Å². The monoisotopic (exact) mass is 379 g/mol. The van der Waals surface area contributed by atoms with E-state index in [2.05, 4.69) is 15.5 Å². The lowest BCUT2D eigenvalue weighted by atomic mass is 9.89. The number of amides is 1. The number of hydrogen-bond donors (Lipinski definition) is 2. The number of nitrogens with zero attached hydrogens (tertiary/aromatic N) is 1. The number of methoxy groups -OCH3 is 3. The first-order valence-corrected chi connectivity index (χ1v) is 8.92. The molecule has 0 atom stereocenters. The quantitative estimate of drug-likeness (QED) is 0.709. The highest BCUT2D eigenvalue weighted by molar-refractivity contribution is 6.05. The minimum absolute atomic E-state index is 0.255. The number of carbonyl (C=O) groups is 1. The molecule has 0 unspecified atom stereocenters. The normalized spacial score (nSPS) is 12.0. The fourth-order valence-electron chi connectivity index (χ4n) is 3.50. The molecule has 2 aromatic carbocycles. The van der Waals surface area contributed by atoms with Crippen molar-refractivity contribution in [3.63, 3.8) is 0 Å². The minimum atomic E-state index is -0.255. The lowest BCUT2D eigenvalue weighted by molar-refractivity contribution is 0.102. The van der Waals surface area contributed by atoms with Crippen molar-refractivity contribution in [1.29, 1.82) is 0 Å². The summed E-state index contributed by atoms with van der Waals surface area (Å²) in [6.07, 6.45) is 1.56. The molecule has 0 spiro atoms. The highest BCUT2D eigenvalue weighted by atomic mass is 16.5. The Bertz CT molecular complexity index is 1040. The topological polar surface area (TPSA) is 85.5 Å². The molecular formula is C21H21N3O4. The summed E-state index contributed by atoms with van der Waals surface area (Å²) in [6, 6.07) is 11.2. The summed E-state index contributed by atoms with van der Waals surface area (Å²) in [4.78, 5) is 12.9. The van der Waals surface area contributed by atoms with E-state index in [0.717, 1.165) is 35.4 Å². The summed E-state index contributed by atoms with van der Waals surface area (Å²) in [5.74, 6) is 1.75. The molecule has 1 aliphatic carbocycles. The predicted molar refractivity (Wildman–Crippen MR) is 105 cm³/mol. The third kappa shape index (κ3) is 3.05. The van der Waals surface area contributed by atoms with Gasteiger partial charge in [-0.3, -0.25) is 9.89 Å². The lowest BCUT2D eigenvalue weighted by Gasteiger charge is -2.17. The SMILES string of the molecule is COc1ccc2c(c1)CCc1c-2n[nH]c1C(=O)Nc1ccc(OC)cc1OC. The van der Waals surface area contributed by atoms with Crippen molar-refractivity contribution in [3.05, 3.63) is 53.2 Å². The number of H-pyrrole nitrogens is 1. The van der Waals surface area contributed by atoms with Crippen LogP contribution < -0.4 is 19.5 Å². The average molecular weight is 379 g/mol. The van der Waals surface area contributed by atoms with Gasteiger partial charge in [0.05, 0.1) is 32.7 Å². The average Bonchev–Trinajstić information content (AvgIpc) is 3.18. The van der Waals surface area contributed by atoms with Crippen LogP contribution in [0.4, 0.5) is 5.69 Å². The van der Waals surface area contributed by atoms with Crippen molar-refractivity contribution in [2.24, 2.45) is 0 Å². The molecule has 2 N–H and O–H groups in total. The molecule has 4 rings (SSSR count). The van der Waals surface area contributed by atoms with Crippen molar-refractivity contribution >= 4 is 11.6 Å². The molecule has 3 aromatic rings. The first-order valence-electron chi connectivity index (χ1n) is 8.92. The van der Waals surface area contributed by atoms with E-state index in [-0.39, 0.29) is 5.91 Å². The van der Waals surface area contributed by atoms with Crippen LogP contribution in [0.15, 0.2) is 36.4 Å². The smallest absolute Gasteiger partial charge is 0.274 e. The zero-order chi connectivity index (χ0) is 19.7. The standard InChI is InChI=1S/C21H21N3O4/c1-26-13-5-8-15-12(10-13)4-7-16-19(15)23-24-20(16)21(25)22-17-9-6-14(27-2)11-18(17)28-3/h5-6,8-11H,4,7H2,1-3H3,(H,22,25)(H,23,24). The third-order valence-corrected chi connectivity index (χ3v) is 4.96. The summed E-state index contributed by atoms with van der Waals surface area (Å²) in [7, 11) is 4.78. The van der Waals surface area contributed by atoms with Gasteiger partial charge in [0.1, 0.15) is 22.9 Å². The predicted octanol–water partition coefficient (Wildman–Crippen LogP) is 3.45. The van der Waals surface area contributed by atoms with E-state index in [1.807, 2.05) is 18.2 Å². The van der Waals surface area contributed by atoms with Crippen LogP contribution in [-0.4, -0.2) is 37.4 Å². The molecule has 0 fully saturated rings. The molecule has 0 radical (unpaired) electrons. The molecule has 1 heterocycles. The molecule has 1 amide bonds. The number of anilines is 1. The van der Waals surface area contributed by atoms with Crippen LogP contribution in [0.25, 0.3) is 11.3 Å². The van der Waals surface area contributed by atoms with Crippen molar-refractivity contribution in [2.45, 2.75) is 12.8 Å². The van der Waals surface area contributed by atoms with Gasteiger partial charge >= 0.3 is 0 Å². The van der Waals surface area contributed by atoms with Crippen LogP contribution in [0.3, 0.4) is 0 Å². The second-order valence-electron chi connectivity index (χ2n) is 6.47. The van der Waals surface area contributed by atoms with E-state index in [0.29, 0.717) is 22.9 Å². The Morgan fingerprint density at radius 3 is 2.50 bits per heavy atom. The number of ether oxygens (including phenoxy) is 3. The molecule has 144 valence electrons. The summed E-state index contributed by atoms with van der Waals surface area (Å²) in [5, 5.41) is 10.2. The molecule has 0 aliphatic heterocycles. The Morgan fingerprint density at radius 1 is 1.00 bits per heavy atom. The number of aryl methyl sites for hydroxylation is 1. The van der Waals surface area contributed by atoms with Gasteiger partial charge < -0.3 is 19.5 Å². The number of hydrogen-bond acceptors (Lipinski definition) is 5. The highest BCUT2D eigenvalue weighted by Gasteiger charge is 2.26. The van der Waals surface area contributed by atoms with E-state index in [1.165, 1.54) is 5.56 Å². The number of aromatic nitrogens is 2. The number of rotatable bonds is 5. The molecule has 0 saturated heterocycles. The van der Waals surface area contributed by atoms with Crippen LogP contribution >= 0.6 is 0 Å². The van der Waals surface area contributed by atoms with Gasteiger partial charge in [-0.1, -0.05) is 0 Å². The van der Waals surface area contributed by atoms with Gasteiger partial charge in [-0.2, -0.15) is 5.10 Å². The Morgan fingerprint density at radius 2 is 1.75 bits per heavy atom. The maximum atomic E-state index is 12.9. The fraction of sp³-hybridized carbons (Fsp3) is 0.238. The number of aromatic amines is 1. The Kier molecular flexibility index (Phi) is 4.65. The number of nitrogens with one attached hydrogen (secondary N) is 2. The summed E-state index contributed by atoms with van der Waals surface area (Å²) in [5.41, 5.74) is 4.96. The summed E-state index contributed by atoms with van der Waals surface area (Å²) >= 11 is 0. The van der Waals surface area contributed by atoms with Crippen molar-refractivity contribution in [1.82, 2.24) is 10.2 Å². The van der Waals surface area contributed by atoms with Crippen molar-refractivity contribution in [2.75, 3.05) is 26.6 Å². The number of carbonyl (C=O) groups excluding carboxylic acids is 1. The molecular weight excluding hydrogens is 358 g/mol.